The van der Waals surface area contributed by atoms with Crippen LogP contribution in [0.25, 0.3) is 0 Å². The van der Waals surface area contributed by atoms with E-state index in [0.29, 0.717) is 52.6 Å². The molecule has 0 spiro atoms. The fraction of sp³-hybridized carbons (Fsp3) is 0.867. The lowest BCUT2D eigenvalue weighted by atomic mass is 10.3. The van der Waals surface area contributed by atoms with Crippen molar-refractivity contribution < 1.29 is 19.0 Å². The molecule has 0 saturated heterocycles. The topological polar surface area (TPSA) is 95.2 Å². The van der Waals surface area contributed by atoms with Crippen molar-refractivity contribution in [1.82, 2.24) is 5.32 Å². The van der Waals surface area contributed by atoms with Gasteiger partial charge in [-0.1, -0.05) is 6.92 Å². The fourth-order valence-corrected chi connectivity index (χ4v) is 1.51. The highest BCUT2D eigenvalue weighted by Gasteiger charge is 1.95. The Morgan fingerprint density at radius 1 is 1.09 bits per heavy atom. The molecule has 0 amide bonds. The number of aliphatic imine (C=N–C) groups is 1. The van der Waals surface area contributed by atoms with E-state index in [2.05, 4.69) is 10.3 Å². The first-order valence-corrected chi connectivity index (χ1v) is 7.94. The Morgan fingerprint density at radius 3 is 2.45 bits per heavy atom. The van der Waals surface area contributed by atoms with Gasteiger partial charge in [0.15, 0.2) is 0 Å². The van der Waals surface area contributed by atoms with E-state index in [1.807, 2.05) is 6.92 Å². The molecule has 0 radical (unpaired) electrons. The average molecular weight is 317 g/mol. The van der Waals surface area contributed by atoms with E-state index in [1.54, 1.807) is 6.21 Å². The number of nitrogens with two attached hydrogens (primary N) is 1. The maximum Gasteiger partial charge on any atom is 0.122 e. The quantitative estimate of drug-likeness (QED) is 0.223. The highest BCUT2D eigenvalue weighted by Crippen LogP contribution is 1.87. The monoisotopic (exact) mass is 317 g/mol. The van der Waals surface area contributed by atoms with Gasteiger partial charge in [-0.15, -0.1) is 0 Å². The van der Waals surface area contributed by atoms with Gasteiger partial charge in [-0.2, -0.15) is 0 Å². The van der Waals surface area contributed by atoms with Crippen molar-refractivity contribution in [1.29, 1.82) is 0 Å². The van der Waals surface area contributed by atoms with Gasteiger partial charge in [0.25, 0.3) is 0 Å². The summed E-state index contributed by atoms with van der Waals surface area (Å²) in [5.74, 6) is 0. The third kappa shape index (κ3) is 17.2. The molecule has 0 aliphatic carbocycles. The number of aldehydes is 1. The summed E-state index contributed by atoms with van der Waals surface area (Å²) in [5.41, 5.74) is 5.81. The van der Waals surface area contributed by atoms with Crippen LogP contribution in [0, 0.1) is 0 Å². The van der Waals surface area contributed by atoms with Crippen molar-refractivity contribution in [2.75, 3.05) is 59.3 Å². The second-order valence-corrected chi connectivity index (χ2v) is 4.67. The van der Waals surface area contributed by atoms with Crippen molar-refractivity contribution in [3.8, 4) is 0 Å². The van der Waals surface area contributed by atoms with Crippen molar-refractivity contribution in [2.24, 2.45) is 10.7 Å². The number of nitrogens with zero attached hydrogens (tertiary/aromatic N) is 1. The van der Waals surface area contributed by atoms with Gasteiger partial charge in [0, 0.05) is 32.4 Å². The van der Waals surface area contributed by atoms with Crippen molar-refractivity contribution in [3.63, 3.8) is 0 Å². The molecule has 3 N–H and O–H groups in total. The van der Waals surface area contributed by atoms with Gasteiger partial charge >= 0.3 is 0 Å². The van der Waals surface area contributed by atoms with E-state index < -0.39 is 0 Å². The van der Waals surface area contributed by atoms with Crippen LogP contribution in [0.5, 0.6) is 0 Å². The fourth-order valence-electron chi connectivity index (χ4n) is 1.51. The Kier molecular flexibility index (Phi) is 17.5. The van der Waals surface area contributed by atoms with E-state index >= 15 is 0 Å². The molecule has 7 heteroatoms. The number of carbonyl (C=O) groups is 1. The van der Waals surface area contributed by atoms with Crippen LogP contribution in [-0.4, -0.2) is 77.8 Å². The van der Waals surface area contributed by atoms with E-state index in [0.717, 1.165) is 25.8 Å². The lowest BCUT2D eigenvalue weighted by Gasteiger charge is -2.06. The largest absolute Gasteiger partial charge is 0.379 e. The minimum Gasteiger partial charge on any atom is -0.379 e. The molecule has 0 aromatic rings. The smallest absolute Gasteiger partial charge is 0.122 e. The standard InChI is InChI=1S/C15H31N3O4/c1-2-17-13-15(16)14-18-5-10-20-8-4-9-22-12-11-21-7-3-6-19/h6,14-15,17H,2-5,7-13,16H2,1H3. The number of nitrogens with one attached hydrogen (secondary N) is 1. The highest BCUT2D eigenvalue weighted by molar-refractivity contribution is 5.64. The summed E-state index contributed by atoms with van der Waals surface area (Å²) in [6.45, 7) is 7.78. The zero-order chi connectivity index (χ0) is 16.3. The Hall–Kier alpha value is -0.860. The molecule has 1 atom stereocenters. The van der Waals surface area contributed by atoms with Crippen molar-refractivity contribution in [3.05, 3.63) is 0 Å². The molecule has 0 bridgehead atoms. The molecule has 0 saturated carbocycles. The summed E-state index contributed by atoms with van der Waals surface area (Å²) in [4.78, 5) is 14.3. The van der Waals surface area contributed by atoms with Crippen LogP contribution in [0.1, 0.15) is 19.8 Å². The van der Waals surface area contributed by atoms with Gasteiger partial charge in [-0.25, -0.2) is 0 Å². The lowest BCUT2D eigenvalue weighted by Crippen LogP contribution is -2.35. The van der Waals surface area contributed by atoms with Gasteiger partial charge in [-0.3, -0.25) is 4.99 Å². The third-order valence-corrected chi connectivity index (χ3v) is 2.62. The molecule has 0 heterocycles. The molecule has 0 aromatic carbocycles. The van der Waals surface area contributed by atoms with Crippen LogP contribution in [0.15, 0.2) is 4.99 Å². The summed E-state index contributed by atoms with van der Waals surface area (Å²) < 4.78 is 16.0. The minimum atomic E-state index is -0.0397. The van der Waals surface area contributed by atoms with E-state index in [9.17, 15) is 4.79 Å². The zero-order valence-corrected chi connectivity index (χ0v) is 13.7. The van der Waals surface area contributed by atoms with Crippen LogP contribution in [0.3, 0.4) is 0 Å². The van der Waals surface area contributed by atoms with Crippen LogP contribution in [-0.2, 0) is 19.0 Å². The normalized spacial score (nSPS) is 12.8. The molecule has 0 fully saturated rings. The van der Waals surface area contributed by atoms with E-state index in [4.69, 9.17) is 19.9 Å². The molecular formula is C15H31N3O4. The molecule has 7 nitrogen and oxygen atoms in total. The Morgan fingerprint density at radius 2 is 1.77 bits per heavy atom. The number of likely N-dealkylation sites (N-methyl/N-ethyl adjacent to an activating group) is 1. The van der Waals surface area contributed by atoms with E-state index in [-0.39, 0.29) is 6.04 Å². The highest BCUT2D eigenvalue weighted by atomic mass is 16.5. The first kappa shape index (κ1) is 21.1. The number of ether oxygens (including phenoxy) is 3. The van der Waals surface area contributed by atoms with Crippen LogP contribution in [0.4, 0.5) is 0 Å². The summed E-state index contributed by atoms with van der Waals surface area (Å²) in [6, 6.07) is -0.0397. The minimum absolute atomic E-state index is 0.0397. The SMILES string of the molecule is CCNCC(N)C=NCCOCCCOCCOCCC=O. The summed E-state index contributed by atoms with van der Waals surface area (Å²) >= 11 is 0. The predicted molar refractivity (Wildman–Crippen MR) is 87.6 cm³/mol. The summed E-state index contributed by atoms with van der Waals surface area (Å²) in [7, 11) is 0. The first-order valence-electron chi connectivity index (χ1n) is 7.94. The van der Waals surface area contributed by atoms with Crippen LogP contribution in [0.2, 0.25) is 0 Å². The molecule has 22 heavy (non-hydrogen) atoms. The van der Waals surface area contributed by atoms with Crippen molar-refractivity contribution >= 4 is 12.5 Å². The Labute approximate surface area is 133 Å². The zero-order valence-electron chi connectivity index (χ0n) is 13.7. The lowest BCUT2D eigenvalue weighted by molar-refractivity contribution is -0.108. The van der Waals surface area contributed by atoms with Gasteiger partial charge in [0.05, 0.1) is 39.0 Å². The summed E-state index contributed by atoms with van der Waals surface area (Å²) in [5, 5.41) is 3.16. The predicted octanol–water partition coefficient (Wildman–Crippen LogP) is 0.0229. The molecular weight excluding hydrogens is 286 g/mol. The van der Waals surface area contributed by atoms with Gasteiger partial charge in [-0.05, 0) is 13.0 Å². The molecule has 0 rings (SSSR count). The number of hydrogen-bond donors (Lipinski definition) is 2. The summed E-state index contributed by atoms with van der Waals surface area (Å²) in [6.07, 6.45) is 3.89. The van der Waals surface area contributed by atoms with Gasteiger partial charge in [0.1, 0.15) is 6.29 Å². The second kappa shape index (κ2) is 18.2. The molecule has 1 unspecified atom stereocenters. The Bertz CT molecular complexity index is 265. The maximum atomic E-state index is 10.0. The van der Waals surface area contributed by atoms with Crippen LogP contribution >= 0.6 is 0 Å². The third-order valence-electron chi connectivity index (χ3n) is 2.62. The van der Waals surface area contributed by atoms with Crippen LogP contribution < -0.4 is 11.1 Å². The Balaban J connectivity index is 3.13. The van der Waals surface area contributed by atoms with Crippen molar-refractivity contribution in [2.45, 2.75) is 25.8 Å². The van der Waals surface area contributed by atoms with Gasteiger partial charge < -0.3 is 30.1 Å². The van der Waals surface area contributed by atoms with E-state index in [1.165, 1.54) is 0 Å². The first-order chi connectivity index (χ1) is 10.8. The average Bonchev–Trinajstić information content (AvgIpc) is 2.53. The second-order valence-electron chi connectivity index (χ2n) is 4.67. The number of rotatable bonds is 17. The number of hydrogen-bond acceptors (Lipinski definition) is 7. The molecule has 0 aromatic heterocycles. The number of carbonyl (C=O) groups excluding carboxylic acids is 1. The molecule has 0 aliphatic heterocycles. The maximum absolute atomic E-state index is 10.0. The molecule has 0 aliphatic rings. The van der Waals surface area contributed by atoms with Gasteiger partial charge in [0.2, 0.25) is 0 Å². The molecule has 130 valence electrons.